The Hall–Kier alpha value is -1.72. The van der Waals surface area contributed by atoms with Gasteiger partial charge in [-0.15, -0.1) is 0 Å². The molecule has 0 saturated carbocycles. The van der Waals surface area contributed by atoms with Crippen molar-refractivity contribution in [3.63, 3.8) is 0 Å². The second kappa shape index (κ2) is 6.63. The number of nitrogens with zero attached hydrogens (tertiary/aromatic N) is 1. The summed E-state index contributed by atoms with van der Waals surface area (Å²) in [6, 6.07) is 15.1. The zero-order valence-electron chi connectivity index (χ0n) is 11.0. The summed E-state index contributed by atoms with van der Waals surface area (Å²) < 4.78 is 0.840. The van der Waals surface area contributed by atoms with Crippen molar-refractivity contribution in [2.75, 3.05) is 0 Å². The number of halogens is 1. The molecular formula is C15H15BrN2O2. The van der Waals surface area contributed by atoms with E-state index in [9.17, 15) is 10.1 Å². The van der Waals surface area contributed by atoms with Gasteiger partial charge in [-0.05, 0) is 24.6 Å². The monoisotopic (exact) mass is 334 g/mol. The Labute approximate surface area is 126 Å². The van der Waals surface area contributed by atoms with Crippen LogP contribution >= 0.6 is 15.9 Å². The van der Waals surface area contributed by atoms with Crippen LogP contribution in [0.3, 0.4) is 0 Å². The van der Waals surface area contributed by atoms with Crippen molar-refractivity contribution in [3.8, 4) is 0 Å². The molecule has 1 N–H and O–H groups in total. The highest BCUT2D eigenvalue weighted by Gasteiger charge is 2.14. The topological polar surface area (TPSA) is 55.2 Å². The van der Waals surface area contributed by atoms with E-state index in [4.69, 9.17) is 0 Å². The standard InChI is InChI=1S/C15H15BrN2O2/c1-11(12-5-3-2-4-6-12)17-10-13-9-14(16)7-8-15(13)18(19)20/h2-9,11,17H,10H2,1H3/t11-/m1/s1. The van der Waals surface area contributed by atoms with E-state index in [0.29, 0.717) is 12.1 Å². The van der Waals surface area contributed by atoms with Crippen LogP contribution < -0.4 is 5.32 Å². The minimum Gasteiger partial charge on any atom is -0.306 e. The Morgan fingerprint density at radius 3 is 2.60 bits per heavy atom. The van der Waals surface area contributed by atoms with Crippen molar-refractivity contribution < 1.29 is 4.92 Å². The number of hydrogen-bond acceptors (Lipinski definition) is 3. The van der Waals surface area contributed by atoms with Crippen molar-refractivity contribution in [1.82, 2.24) is 5.32 Å². The van der Waals surface area contributed by atoms with Crippen LogP contribution in [-0.4, -0.2) is 4.92 Å². The van der Waals surface area contributed by atoms with Gasteiger partial charge in [0, 0.05) is 28.7 Å². The van der Waals surface area contributed by atoms with Crippen LogP contribution in [0.4, 0.5) is 5.69 Å². The van der Waals surface area contributed by atoms with Crippen LogP contribution in [-0.2, 0) is 6.54 Å². The molecule has 0 aliphatic rings. The van der Waals surface area contributed by atoms with Crippen molar-refractivity contribution in [1.29, 1.82) is 0 Å². The van der Waals surface area contributed by atoms with Crippen LogP contribution in [0.5, 0.6) is 0 Å². The average Bonchev–Trinajstić information content (AvgIpc) is 2.45. The molecular weight excluding hydrogens is 320 g/mol. The van der Waals surface area contributed by atoms with Crippen molar-refractivity contribution >= 4 is 21.6 Å². The van der Waals surface area contributed by atoms with Crippen LogP contribution in [0.25, 0.3) is 0 Å². The molecule has 4 nitrogen and oxygen atoms in total. The molecule has 0 aliphatic carbocycles. The number of nitro groups is 1. The van der Waals surface area contributed by atoms with Gasteiger partial charge in [-0.1, -0.05) is 46.3 Å². The van der Waals surface area contributed by atoms with Gasteiger partial charge in [0.1, 0.15) is 0 Å². The predicted molar refractivity (Wildman–Crippen MR) is 82.5 cm³/mol. The molecule has 0 heterocycles. The molecule has 0 spiro atoms. The van der Waals surface area contributed by atoms with Crippen LogP contribution in [0.2, 0.25) is 0 Å². The highest BCUT2D eigenvalue weighted by molar-refractivity contribution is 9.10. The summed E-state index contributed by atoms with van der Waals surface area (Å²) in [5.41, 5.74) is 1.97. The molecule has 1 atom stereocenters. The van der Waals surface area contributed by atoms with Gasteiger partial charge in [0.05, 0.1) is 4.92 Å². The van der Waals surface area contributed by atoms with E-state index in [0.717, 1.165) is 10.0 Å². The van der Waals surface area contributed by atoms with E-state index in [-0.39, 0.29) is 16.7 Å². The fourth-order valence-corrected chi connectivity index (χ4v) is 2.40. The van der Waals surface area contributed by atoms with Crippen molar-refractivity contribution in [2.24, 2.45) is 0 Å². The smallest absolute Gasteiger partial charge is 0.273 e. The van der Waals surface area contributed by atoms with Gasteiger partial charge < -0.3 is 5.32 Å². The van der Waals surface area contributed by atoms with Crippen LogP contribution in [0.1, 0.15) is 24.1 Å². The number of nitro benzene ring substituents is 1. The van der Waals surface area contributed by atoms with Gasteiger partial charge in [0.15, 0.2) is 0 Å². The number of nitrogens with one attached hydrogen (secondary N) is 1. The molecule has 0 saturated heterocycles. The van der Waals surface area contributed by atoms with Gasteiger partial charge in [-0.25, -0.2) is 0 Å². The molecule has 0 unspecified atom stereocenters. The highest BCUT2D eigenvalue weighted by Crippen LogP contribution is 2.23. The second-order valence-electron chi connectivity index (χ2n) is 4.54. The Balaban J connectivity index is 2.11. The zero-order chi connectivity index (χ0) is 14.5. The largest absolute Gasteiger partial charge is 0.306 e. The molecule has 0 fully saturated rings. The Morgan fingerprint density at radius 1 is 1.25 bits per heavy atom. The Kier molecular flexibility index (Phi) is 4.87. The van der Waals surface area contributed by atoms with Gasteiger partial charge in [0.2, 0.25) is 0 Å². The number of benzene rings is 2. The van der Waals surface area contributed by atoms with Crippen molar-refractivity contribution in [2.45, 2.75) is 19.5 Å². The fraction of sp³-hybridized carbons (Fsp3) is 0.200. The minimum absolute atomic E-state index is 0.134. The maximum atomic E-state index is 11.0. The summed E-state index contributed by atoms with van der Waals surface area (Å²) in [6.07, 6.45) is 0. The molecule has 20 heavy (non-hydrogen) atoms. The summed E-state index contributed by atoms with van der Waals surface area (Å²) >= 11 is 3.35. The molecule has 2 rings (SSSR count). The first-order chi connectivity index (χ1) is 9.58. The van der Waals surface area contributed by atoms with Crippen LogP contribution in [0, 0.1) is 10.1 Å². The van der Waals surface area contributed by atoms with Crippen molar-refractivity contribution in [3.05, 3.63) is 74.2 Å². The Morgan fingerprint density at radius 2 is 1.95 bits per heavy atom. The molecule has 0 radical (unpaired) electrons. The van der Waals surface area contributed by atoms with E-state index in [1.54, 1.807) is 12.1 Å². The summed E-state index contributed by atoms with van der Waals surface area (Å²) in [5, 5.41) is 14.3. The molecule has 104 valence electrons. The maximum Gasteiger partial charge on any atom is 0.273 e. The third-order valence-electron chi connectivity index (χ3n) is 3.14. The quantitative estimate of drug-likeness (QED) is 0.658. The first-order valence-electron chi connectivity index (χ1n) is 6.29. The molecule has 0 amide bonds. The SMILES string of the molecule is C[C@@H](NCc1cc(Br)ccc1[N+](=O)[O-])c1ccccc1. The Bertz CT molecular complexity index is 602. The maximum absolute atomic E-state index is 11.0. The van der Waals surface area contributed by atoms with Gasteiger partial charge in [-0.3, -0.25) is 10.1 Å². The molecule has 0 bridgehead atoms. The lowest BCUT2D eigenvalue weighted by Crippen LogP contribution is -2.18. The fourth-order valence-electron chi connectivity index (χ4n) is 2.00. The third-order valence-corrected chi connectivity index (χ3v) is 3.63. The molecule has 2 aromatic rings. The molecule has 5 heteroatoms. The highest BCUT2D eigenvalue weighted by atomic mass is 79.9. The molecule has 0 aromatic heterocycles. The number of rotatable bonds is 5. The molecule has 0 aliphatic heterocycles. The first kappa shape index (κ1) is 14.7. The van der Waals surface area contributed by atoms with E-state index in [2.05, 4.69) is 21.2 Å². The minimum atomic E-state index is -0.351. The average molecular weight is 335 g/mol. The summed E-state index contributed by atoms with van der Waals surface area (Å²) in [7, 11) is 0. The summed E-state index contributed by atoms with van der Waals surface area (Å²) in [4.78, 5) is 10.7. The normalized spacial score (nSPS) is 12.1. The predicted octanol–water partition coefficient (Wildman–Crippen LogP) is 4.21. The first-order valence-corrected chi connectivity index (χ1v) is 7.08. The lowest BCUT2D eigenvalue weighted by molar-refractivity contribution is -0.385. The number of hydrogen-bond donors (Lipinski definition) is 1. The van der Waals surface area contributed by atoms with E-state index in [1.807, 2.05) is 37.3 Å². The van der Waals surface area contributed by atoms with Crippen LogP contribution in [0.15, 0.2) is 53.0 Å². The zero-order valence-corrected chi connectivity index (χ0v) is 12.6. The third kappa shape index (κ3) is 3.65. The second-order valence-corrected chi connectivity index (χ2v) is 5.46. The lowest BCUT2D eigenvalue weighted by atomic mass is 10.1. The van der Waals surface area contributed by atoms with Gasteiger partial charge in [-0.2, -0.15) is 0 Å². The van der Waals surface area contributed by atoms with Gasteiger partial charge in [0.25, 0.3) is 5.69 Å². The lowest BCUT2D eigenvalue weighted by Gasteiger charge is -2.14. The van der Waals surface area contributed by atoms with E-state index in [1.165, 1.54) is 6.07 Å². The summed E-state index contributed by atoms with van der Waals surface area (Å²) in [5.74, 6) is 0. The van der Waals surface area contributed by atoms with Gasteiger partial charge >= 0.3 is 0 Å². The van der Waals surface area contributed by atoms with E-state index < -0.39 is 0 Å². The van der Waals surface area contributed by atoms with E-state index >= 15 is 0 Å². The summed E-state index contributed by atoms with van der Waals surface area (Å²) in [6.45, 7) is 2.49. The molecule has 2 aromatic carbocycles.